The summed E-state index contributed by atoms with van der Waals surface area (Å²) >= 11 is 0. The van der Waals surface area contributed by atoms with Crippen molar-refractivity contribution >= 4 is 5.91 Å². The average molecular weight is 288 g/mol. The molecule has 0 aromatic heterocycles. The number of hydrogen-bond acceptors (Lipinski definition) is 2. The largest absolute Gasteiger partial charge is 0.322 e. The highest BCUT2D eigenvalue weighted by Gasteiger charge is 2.38. The third kappa shape index (κ3) is 3.46. The zero-order valence-corrected chi connectivity index (χ0v) is 13.9. The van der Waals surface area contributed by atoms with E-state index < -0.39 is 0 Å². The van der Waals surface area contributed by atoms with Crippen molar-refractivity contribution in [2.24, 2.45) is 5.92 Å². The molecule has 1 heterocycles. The van der Waals surface area contributed by atoms with Crippen molar-refractivity contribution in [2.45, 2.75) is 59.2 Å². The van der Waals surface area contributed by atoms with Gasteiger partial charge in [0, 0.05) is 6.54 Å². The maximum Gasteiger partial charge on any atom is 0.241 e. The standard InChI is InChI=1S/C18H28N2O/c1-6-20-17(19-16(18(20)21)11-12(2)3)15-9-7-14(8-10-15)13(4)5/h7-10,12-13,16-17,19H,6,11H2,1-5H3. The number of carbonyl (C=O) groups excluding carboxylic acids is 1. The van der Waals surface area contributed by atoms with Gasteiger partial charge in [-0.05, 0) is 36.3 Å². The molecule has 1 fully saturated rings. The Labute approximate surface area is 128 Å². The van der Waals surface area contributed by atoms with Crippen LogP contribution in [-0.4, -0.2) is 23.4 Å². The molecular formula is C18H28N2O. The minimum Gasteiger partial charge on any atom is -0.322 e. The van der Waals surface area contributed by atoms with Gasteiger partial charge in [-0.15, -0.1) is 0 Å². The van der Waals surface area contributed by atoms with Crippen LogP contribution < -0.4 is 5.32 Å². The van der Waals surface area contributed by atoms with Gasteiger partial charge in [0.25, 0.3) is 0 Å². The molecule has 2 atom stereocenters. The normalized spacial score (nSPS) is 22.6. The topological polar surface area (TPSA) is 32.3 Å². The van der Waals surface area contributed by atoms with Crippen molar-refractivity contribution in [1.29, 1.82) is 0 Å². The summed E-state index contributed by atoms with van der Waals surface area (Å²) < 4.78 is 0. The van der Waals surface area contributed by atoms with Gasteiger partial charge in [-0.2, -0.15) is 0 Å². The van der Waals surface area contributed by atoms with Crippen molar-refractivity contribution < 1.29 is 4.79 Å². The first kappa shape index (κ1) is 16.0. The highest BCUT2D eigenvalue weighted by molar-refractivity contribution is 5.84. The Kier molecular flexibility index (Phi) is 5.04. The Morgan fingerprint density at radius 2 is 1.76 bits per heavy atom. The summed E-state index contributed by atoms with van der Waals surface area (Å²) in [6.07, 6.45) is 0.920. The van der Waals surface area contributed by atoms with E-state index in [0.29, 0.717) is 11.8 Å². The van der Waals surface area contributed by atoms with Gasteiger partial charge in [0.05, 0.1) is 6.04 Å². The minimum atomic E-state index is -0.0419. The Hall–Kier alpha value is -1.35. The number of carbonyl (C=O) groups is 1. The molecule has 1 N–H and O–H groups in total. The first-order chi connectivity index (χ1) is 9.93. The summed E-state index contributed by atoms with van der Waals surface area (Å²) in [5.41, 5.74) is 2.52. The monoisotopic (exact) mass is 288 g/mol. The molecule has 0 saturated carbocycles. The Bertz CT molecular complexity index is 478. The van der Waals surface area contributed by atoms with Crippen LogP contribution >= 0.6 is 0 Å². The first-order valence-corrected chi connectivity index (χ1v) is 8.10. The molecule has 1 amide bonds. The molecule has 3 heteroatoms. The summed E-state index contributed by atoms with van der Waals surface area (Å²) in [5, 5.41) is 3.51. The van der Waals surface area contributed by atoms with Gasteiger partial charge >= 0.3 is 0 Å². The Morgan fingerprint density at radius 3 is 2.24 bits per heavy atom. The molecule has 0 spiro atoms. The van der Waals surface area contributed by atoms with E-state index in [2.05, 4.69) is 57.3 Å². The van der Waals surface area contributed by atoms with Crippen LogP contribution in [0.3, 0.4) is 0 Å². The van der Waals surface area contributed by atoms with E-state index >= 15 is 0 Å². The summed E-state index contributed by atoms with van der Waals surface area (Å²) in [7, 11) is 0. The second-order valence-corrected chi connectivity index (χ2v) is 6.70. The van der Waals surface area contributed by atoms with Crippen LogP contribution in [0.4, 0.5) is 0 Å². The lowest BCUT2D eigenvalue weighted by Crippen LogP contribution is -2.31. The molecule has 2 rings (SSSR count). The fraction of sp³-hybridized carbons (Fsp3) is 0.611. The molecular weight excluding hydrogens is 260 g/mol. The van der Waals surface area contributed by atoms with Crippen molar-refractivity contribution in [1.82, 2.24) is 10.2 Å². The van der Waals surface area contributed by atoms with Crippen LogP contribution in [0.2, 0.25) is 0 Å². The van der Waals surface area contributed by atoms with Crippen LogP contribution in [0, 0.1) is 5.92 Å². The number of rotatable bonds is 5. The molecule has 1 saturated heterocycles. The SMILES string of the molecule is CCN1C(=O)C(CC(C)C)NC1c1ccc(C(C)C)cc1. The number of amides is 1. The summed E-state index contributed by atoms with van der Waals surface area (Å²) in [4.78, 5) is 14.5. The molecule has 1 aromatic carbocycles. The van der Waals surface area contributed by atoms with Gasteiger partial charge in [0.15, 0.2) is 0 Å². The molecule has 1 aliphatic rings. The molecule has 116 valence electrons. The van der Waals surface area contributed by atoms with Crippen molar-refractivity contribution in [3.8, 4) is 0 Å². The third-order valence-corrected chi connectivity index (χ3v) is 4.22. The van der Waals surface area contributed by atoms with Crippen LogP contribution in [0.5, 0.6) is 0 Å². The maximum absolute atomic E-state index is 12.5. The van der Waals surface area contributed by atoms with E-state index in [1.54, 1.807) is 0 Å². The van der Waals surface area contributed by atoms with Crippen LogP contribution in [0.25, 0.3) is 0 Å². The van der Waals surface area contributed by atoms with E-state index in [4.69, 9.17) is 0 Å². The average Bonchev–Trinajstić information content (AvgIpc) is 2.75. The summed E-state index contributed by atoms with van der Waals surface area (Å²) in [6, 6.07) is 8.62. The van der Waals surface area contributed by atoms with Gasteiger partial charge in [0.1, 0.15) is 6.17 Å². The molecule has 1 aliphatic heterocycles. The van der Waals surface area contributed by atoms with Gasteiger partial charge < -0.3 is 4.90 Å². The van der Waals surface area contributed by atoms with Crippen LogP contribution in [-0.2, 0) is 4.79 Å². The lowest BCUT2D eigenvalue weighted by molar-refractivity contribution is -0.130. The number of likely N-dealkylation sites (N-methyl/N-ethyl adjacent to an activating group) is 1. The fourth-order valence-corrected chi connectivity index (χ4v) is 3.00. The van der Waals surface area contributed by atoms with E-state index in [-0.39, 0.29) is 18.1 Å². The van der Waals surface area contributed by atoms with E-state index in [0.717, 1.165) is 13.0 Å². The van der Waals surface area contributed by atoms with Gasteiger partial charge in [-0.25, -0.2) is 0 Å². The van der Waals surface area contributed by atoms with Crippen molar-refractivity contribution in [3.63, 3.8) is 0 Å². The van der Waals surface area contributed by atoms with Crippen LogP contribution in [0.1, 0.15) is 64.3 Å². The predicted molar refractivity (Wildman–Crippen MR) is 87.0 cm³/mol. The zero-order chi connectivity index (χ0) is 15.6. The van der Waals surface area contributed by atoms with Crippen molar-refractivity contribution in [3.05, 3.63) is 35.4 Å². The van der Waals surface area contributed by atoms with Crippen LogP contribution in [0.15, 0.2) is 24.3 Å². The van der Waals surface area contributed by atoms with Gasteiger partial charge in [0.2, 0.25) is 5.91 Å². The lowest BCUT2D eigenvalue weighted by Gasteiger charge is -2.23. The molecule has 0 aliphatic carbocycles. The van der Waals surface area contributed by atoms with E-state index in [1.165, 1.54) is 11.1 Å². The van der Waals surface area contributed by atoms with Crippen molar-refractivity contribution in [2.75, 3.05) is 6.54 Å². The molecule has 1 aromatic rings. The highest BCUT2D eigenvalue weighted by atomic mass is 16.2. The van der Waals surface area contributed by atoms with Gasteiger partial charge in [-0.1, -0.05) is 52.0 Å². The number of nitrogens with one attached hydrogen (secondary N) is 1. The molecule has 2 unspecified atom stereocenters. The second-order valence-electron chi connectivity index (χ2n) is 6.70. The van der Waals surface area contributed by atoms with E-state index in [9.17, 15) is 4.79 Å². The molecule has 0 bridgehead atoms. The Morgan fingerprint density at radius 1 is 1.14 bits per heavy atom. The quantitative estimate of drug-likeness (QED) is 0.896. The predicted octanol–water partition coefficient (Wildman–Crippen LogP) is 3.68. The second kappa shape index (κ2) is 6.61. The molecule has 3 nitrogen and oxygen atoms in total. The molecule has 0 radical (unpaired) electrons. The fourth-order valence-electron chi connectivity index (χ4n) is 3.00. The maximum atomic E-state index is 12.5. The Balaban J connectivity index is 2.19. The lowest BCUT2D eigenvalue weighted by atomic mass is 10.0. The minimum absolute atomic E-state index is 0.0208. The smallest absolute Gasteiger partial charge is 0.241 e. The zero-order valence-electron chi connectivity index (χ0n) is 13.9. The number of hydrogen-bond donors (Lipinski definition) is 1. The highest BCUT2D eigenvalue weighted by Crippen LogP contribution is 2.28. The first-order valence-electron chi connectivity index (χ1n) is 8.10. The molecule has 21 heavy (non-hydrogen) atoms. The van der Waals surface area contributed by atoms with Gasteiger partial charge in [-0.3, -0.25) is 10.1 Å². The third-order valence-electron chi connectivity index (χ3n) is 4.22. The van der Waals surface area contributed by atoms with E-state index in [1.807, 2.05) is 11.8 Å². The number of nitrogens with zero attached hydrogens (tertiary/aromatic N) is 1. The summed E-state index contributed by atoms with van der Waals surface area (Å²) in [5.74, 6) is 1.30. The number of benzene rings is 1. The summed E-state index contributed by atoms with van der Waals surface area (Å²) in [6.45, 7) is 11.5.